The second-order valence-corrected chi connectivity index (χ2v) is 6.29. The van der Waals surface area contributed by atoms with Crippen molar-refractivity contribution in [1.29, 1.82) is 0 Å². The van der Waals surface area contributed by atoms with Gasteiger partial charge in [-0.3, -0.25) is 9.69 Å². The van der Waals surface area contributed by atoms with Crippen molar-refractivity contribution in [3.05, 3.63) is 58.7 Å². The second-order valence-electron chi connectivity index (χ2n) is 6.29. The Morgan fingerprint density at radius 3 is 2.48 bits per heavy atom. The lowest BCUT2D eigenvalue weighted by atomic mass is 10.1. The fourth-order valence-corrected chi connectivity index (χ4v) is 2.92. The molecule has 3 rings (SSSR count). The summed E-state index contributed by atoms with van der Waals surface area (Å²) in [6.45, 7) is 7.70. The smallest absolute Gasteiger partial charge is 0.246 e. The third kappa shape index (κ3) is 4.33. The zero-order valence-electron chi connectivity index (χ0n) is 14.5. The number of halogens is 1. The summed E-state index contributed by atoms with van der Waals surface area (Å²) in [7, 11) is 0. The van der Waals surface area contributed by atoms with Gasteiger partial charge in [-0.25, -0.2) is 4.39 Å². The van der Waals surface area contributed by atoms with Crippen molar-refractivity contribution in [2.24, 2.45) is 0 Å². The number of aryl methyl sites for hydroxylation is 2. The molecule has 0 radical (unpaired) electrons. The Hall–Kier alpha value is -2.47. The quantitative estimate of drug-likeness (QED) is 0.801. The van der Waals surface area contributed by atoms with Gasteiger partial charge in [0.15, 0.2) is 0 Å². The standard InChI is InChI=1S/C19H22FN3O2/c1-14-18(15(2)25-21-14)13-22-9-11-23(12-10-22)19(24)8-5-16-3-6-17(20)7-4-16/h3-8H,9-13H2,1-2H3/b8-5+. The molecule has 0 spiro atoms. The number of amides is 1. The average molecular weight is 343 g/mol. The van der Waals surface area contributed by atoms with Gasteiger partial charge in [-0.15, -0.1) is 0 Å². The van der Waals surface area contributed by atoms with Gasteiger partial charge in [0.2, 0.25) is 5.91 Å². The van der Waals surface area contributed by atoms with E-state index in [1.54, 1.807) is 24.3 Å². The van der Waals surface area contributed by atoms with E-state index in [1.165, 1.54) is 12.1 Å². The van der Waals surface area contributed by atoms with Crippen LogP contribution < -0.4 is 0 Å². The molecule has 0 unspecified atom stereocenters. The first-order valence-corrected chi connectivity index (χ1v) is 8.39. The summed E-state index contributed by atoms with van der Waals surface area (Å²) >= 11 is 0. The van der Waals surface area contributed by atoms with Gasteiger partial charge in [0.05, 0.1) is 5.69 Å². The first-order chi connectivity index (χ1) is 12.0. The minimum Gasteiger partial charge on any atom is -0.361 e. The van der Waals surface area contributed by atoms with Crippen LogP contribution in [-0.2, 0) is 11.3 Å². The minimum absolute atomic E-state index is 0.0127. The van der Waals surface area contributed by atoms with Crippen LogP contribution in [0.2, 0.25) is 0 Å². The summed E-state index contributed by atoms with van der Waals surface area (Å²) in [5.74, 6) is 0.567. The maximum atomic E-state index is 12.9. The Balaban J connectivity index is 1.51. The van der Waals surface area contributed by atoms with Crippen molar-refractivity contribution in [3.8, 4) is 0 Å². The van der Waals surface area contributed by atoms with Crippen molar-refractivity contribution >= 4 is 12.0 Å². The maximum Gasteiger partial charge on any atom is 0.246 e. The van der Waals surface area contributed by atoms with E-state index in [-0.39, 0.29) is 11.7 Å². The first kappa shape index (κ1) is 17.4. The summed E-state index contributed by atoms with van der Waals surface area (Å²) in [5.41, 5.74) is 2.88. The molecule has 5 nitrogen and oxygen atoms in total. The largest absolute Gasteiger partial charge is 0.361 e. The molecule has 0 saturated carbocycles. The number of benzene rings is 1. The molecule has 2 heterocycles. The number of carbonyl (C=O) groups excluding carboxylic acids is 1. The molecule has 25 heavy (non-hydrogen) atoms. The van der Waals surface area contributed by atoms with E-state index in [0.29, 0.717) is 13.1 Å². The van der Waals surface area contributed by atoms with Gasteiger partial charge in [-0.05, 0) is 37.6 Å². The molecular formula is C19H22FN3O2. The molecule has 0 bridgehead atoms. The Kier molecular flexibility index (Phi) is 5.28. The highest BCUT2D eigenvalue weighted by molar-refractivity contribution is 5.91. The van der Waals surface area contributed by atoms with Crippen molar-refractivity contribution in [2.75, 3.05) is 26.2 Å². The molecule has 1 aliphatic heterocycles. The Morgan fingerprint density at radius 2 is 1.88 bits per heavy atom. The molecule has 1 fully saturated rings. The number of hydrogen-bond donors (Lipinski definition) is 0. The van der Waals surface area contributed by atoms with E-state index in [1.807, 2.05) is 18.7 Å². The fraction of sp³-hybridized carbons (Fsp3) is 0.368. The number of aromatic nitrogens is 1. The number of nitrogens with zero attached hydrogens (tertiary/aromatic N) is 3. The van der Waals surface area contributed by atoms with E-state index < -0.39 is 0 Å². The van der Waals surface area contributed by atoms with Crippen molar-refractivity contribution < 1.29 is 13.7 Å². The lowest BCUT2D eigenvalue weighted by molar-refractivity contribution is -0.127. The van der Waals surface area contributed by atoms with E-state index in [4.69, 9.17) is 4.52 Å². The van der Waals surface area contributed by atoms with Gasteiger partial charge in [0.25, 0.3) is 0 Å². The molecule has 1 aliphatic rings. The van der Waals surface area contributed by atoms with Crippen LogP contribution in [0, 0.1) is 19.7 Å². The lowest BCUT2D eigenvalue weighted by Gasteiger charge is -2.34. The highest BCUT2D eigenvalue weighted by Gasteiger charge is 2.21. The van der Waals surface area contributed by atoms with Crippen LogP contribution in [0.5, 0.6) is 0 Å². The van der Waals surface area contributed by atoms with Crippen molar-refractivity contribution in [1.82, 2.24) is 15.0 Å². The highest BCUT2D eigenvalue weighted by Crippen LogP contribution is 2.16. The SMILES string of the molecule is Cc1noc(C)c1CN1CCN(C(=O)/C=C/c2ccc(F)cc2)CC1. The van der Waals surface area contributed by atoms with E-state index in [2.05, 4.69) is 10.1 Å². The fourth-order valence-electron chi connectivity index (χ4n) is 2.92. The topological polar surface area (TPSA) is 49.6 Å². The molecule has 0 N–H and O–H groups in total. The van der Waals surface area contributed by atoms with Crippen molar-refractivity contribution in [3.63, 3.8) is 0 Å². The third-order valence-corrected chi connectivity index (χ3v) is 4.54. The molecule has 0 aliphatic carbocycles. The number of hydrogen-bond acceptors (Lipinski definition) is 4. The average Bonchev–Trinajstić information content (AvgIpc) is 2.93. The predicted octanol–water partition coefficient (Wildman–Crippen LogP) is 2.79. The second kappa shape index (κ2) is 7.61. The zero-order chi connectivity index (χ0) is 17.8. The number of carbonyl (C=O) groups is 1. The summed E-state index contributed by atoms with van der Waals surface area (Å²) in [6, 6.07) is 6.08. The molecule has 1 aromatic carbocycles. The molecule has 1 amide bonds. The Bertz CT molecular complexity index is 740. The van der Waals surface area contributed by atoms with Crippen molar-refractivity contribution in [2.45, 2.75) is 20.4 Å². The molecule has 0 atom stereocenters. The molecule has 1 aromatic heterocycles. The van der Waals surface area contributed by atoms with Crippen LogP contribution in [0.1, 0.15) is 22.6 Å². The van der Waals surface area contributed by atoms with Crippen LogP contribution in [0.15, 0.2) is 34.9 Å². The van der Waals surface area contributed by atoms with E-state index in [9.17, 15) is 9.18 Å². The minimum atomic E-state index is -0.280. The van der Waals surface area contributed by atoms with Crippen LogP contribution in [0.25, 0.3) is 6.08 Å². The van der Waals surface area contributed by atoms with Gasteiger partial charge in [0, 0.05) is 44.4 Å². The van der Waals surface area contributed by atoms with Gasteiger partial charge in [-0.2, -0.15) is 0 Å². The monoisotopic (exact) mass is 343 g/mol. The summed E-state index contributed by atoms with van der Waals surface area (Å²) < 4.78 is 18.1. The molecule has 132 valence electrons. The van der Waals surface area contributed by atoms with Crippen LogP contribution in [-0.4, -0.2) is 47.0 Å². The predicted molar refractivity (Wildman–Crippen MR) is 93.3 cm³/mol. The summed E-state index contributed by atoms with van der Waals surface area (Å²) in [4.78, 5) is 16.4. The van der Waals surface area contributed by atoms with Gasteiger partial charge in [0.1, 0.15) is 11.6 Å². The number of piperazine rings is 1. The van der Waals surface area contributed by atoms with Crippen LogP contribution in [0.3, 0.4) is 0 Å². The normalized spacial score (nSPS) is 15.9. The molecule has 2 aromatic rings. The zero-order valence-corrected chi connectivity index (χ0v) is 14.5. The summed E-state index contributed by atoms with van der Waals surface area (Å²) in [6.07, 6.45) is 3.27. The Labute approximate surface area is 146 Å². The first-order valence-electron chi connectivity index (χ1n) is 8.39. The molecule has 6 heteroatoms. The number of rotatable bonds is 4. The highest BCUT2D eigenvalue weighted by atomic mass is 19.1. The third-order valence-electron chi connectivity index (χ3n) is 4.54. The van der Waals surface area contributed by atoms with E-state index in [0.717, 1.165) is 42.2 Å². The Morgan fingerprint density at radius 1 is 1.20 bits per heavy atom. The van der Waals surface area contributed by atoms with E-state index >= 15 is 0 Å². The van der Waals surface area contributed by atoms with Crippen LogP contribution in [0.4, 0.5) is 4.39 Å². The van der Waals surface area contributed by atoms with Gasteiger partial charge >= 0.3 is 0 Å². The molecular weight excluding hydrogens is 321 g/mol. The van der Waals surface area contributed by atoms with Gasteiger partial charge in [-0.1, -0.05) is 17.3 Å². The molecule has 1 saturated heterocycles. The van der Waals surface area contributed by atoms with Gasteiger partial charge < -0.3 is 9.42 Å². The lowest BCUT2D eigenvalue weighted by Crippen LogP contribution is -2.47. The van der Waals surface area contributed by atoms with Crippen LogP contribution >= 0.6 is 0 Å². The summed E-state index contributed by atoms with van der Waals surface area (Å²) in [5, 5.41) is 3.98. The maximum absolute atomic E-state index is 12.9.